The van der Waals surface area contributed by atoms with Crippen LogP contribution in [0.4, 0.5) is 0 Å². The van der Waals surface area contributed by atoms with Crippen molar-refractivity contribution in [2.75, 3.05) is 14.2 Å². The van der Waals surface area contributed by atoms with Crippen LogP contribution in [0.5, 0.6) is 0 Å². The van der Waals surface area contributed by atoms with Crippen LogP contribution in [0.1, 0.15) is 39.5 Å². The van der Waals surface area contributed by atoms with E-state index in [4.69, 9.17) is 25.3 Å². The van der Waals surface area contributed by atoms with E-state index in [9.17, 15) is 28.8 Å². The lowest BCUT2D eigenvalue weighted by molar-refractivity contribution is -0.164. The summed E-state index contributed by atoms with van der Waals surface area (Å²) < 4.78 is 14.5. The van der Waals surface area contributed by atoms with Crippen LogP contribution in [0, 0.1) is 0 Å². The lowest BCUT2D eigenvalue weighted by atomic mass is 10.1. The number of esters is 2. The minimum Gasteiger partial charge on any atom is -0.390 e. The van der Waals surface area contributed by atoms with E-state index in [2.05, 4.69) is 20.2 Å². The number of Topliss-reactive ketones (excluding diaryl/α,β-unsaturated/α-hetero) is 2. The Balaban J connectivity index is 5.60. The van der Waals surface area contributed by atoms with E-state index in [0.29, 0.717) is 12.4 Å². The molecule has 0 aliphatic carbocycles. The second kappa shape index (κ2) is 16.7. The van der Waals surface area contributed by atoms with Gasteiger partial charge >= 0.3 is 24.4 Å². The van der Waals surface area contributed by atoms with Gasteiger partial charge in [-0.25, -0.2) is 9.59 Å². The molecule has 0 heterocycles. The van der Waals surface area contributed by atoms with Gasteiger partial charge in [0, 0.05) is 27.1 Å². The average molecular weight is 496 g/mol. The smallest absolute Gasteiger partial charge is 0.336 e. The van der Waals surface area contributed by atoms with Crippen LogP contribution >= 0.6 is 0 Å². The van der Waals surface area contributed by atoms with E-state index in [1.54, 1.807) is 0 Å². The Kier molecular flexibility index (Phi) is 14.8. The number of carbonyl (C=O) groups is 6. The fourth-order valence-corrected chi connectivity index (χ4v) is 2.36. The third-order valence-electron chi connectivity index (χ3n) is 4.61. The van der Waals surface area contributed by atoms with Gasteiger partial charge in [-0.3, -0.25) is 19.2 Å². The molecule has 15 nitrogen and oxygen atoms in total. The molecule has 0 aromatic rings. The van der Waals surface area contributed by atoms with E-state index < -0.39 is 59.6 Å². The molecule has 0 bridgehead atoms. The first-order valence-electron chi connectivity index (χ1n) is 10.3. The maximum Gasteiger partial charge on any atom is 0.336 e. The van der Waals surface area contributed by atoms with Gasteiger partial charge in [0.05, 0.1) is 0 Å². The number of nitrogens with one attached hydrogen (secondary N) is 2. The summed E-state index contributed by atoms with van der Waals surface area (Å²) >= 11 is 0. The molecule has 192 valence electrons. The molecule has 2 N–H and O–H groups in total. The van der Waals surface area contributed by atoms with Crippen LogP contribution in [0.25, 0.3) is 11.1 Å². The highest BCUT2D eigenvalue weighted by Gasteiger charge is 2.32. The van der Waals surface area contributed by atoms with Crippen LogP contribution in [0.2, 0.25) is 0 Å². The first-order chi connectivity index (χ1) is 16.5. The summed E-state index contributed by atoms with van der Waals surface area (Å²) in [6, 6.07) is -2.95. The molecule has 2 amide bonds. The van der Waals surface area contributed by atoms with Crippen molar-refractivity contribution >= 4 is 47.7 Å². The van der Waals surface area contributed by atoms with Crippen molar-refractivity contribution in [1.29, 1.82) is 0 Å². The number of carbonyl (C=O) groups excluding carboxylic acids is 6. The van der Waals surface area contributed by atoms with E-state index >= 15 is 0 Å². The molecule has 0 aromatic heterocycles. The van der Waals surface area contributed by atoms with Gasteiger partial charge in [0.15, 0.2) is 0 Å². The van der Waals surface area contributed by atoms with Gasteiger partial charge in [-0.05, 0) is 26.7 Å². The van der Waals surface area contributed by atoms with Gasteiger partial charge in [0.25, 0.3) is 0 Å². The molecule has 0 fully saturated rings. The van der Waals surface area contributed by atoms with Gasteiger partial charge in [0.1, 0.15) is 24.3 Å². The number of methoxy groups -OCH3 is 2. The lowest BCUT2D eigenvalue weighted by Crippen LogP contribution is -2.50. The van der Waals surface area contributed by atoms with Crippen LogP contribution < -0.4 is 10.6 Å². The number of amides is 2. The minimum atomic E-state index is -1.47. The fraction of sp³-hybridized carbons (Fsp3) is 0.600. The molecule has 0 aliphatic rings. The Morgan fingerprint density at radius 3 is 1.37 bits per heavy atom. The van der Waals surface area contributed by atoms with Gasteiger partial charge in [-0.15, -0.1) is 0 Å². The maximum atomic E-state index is 12.6. The third-order valence-corrected chi connectivity index (χ3v) is 4.61. The first kappa shape index (κ1) is 31.1. The number of ether oxygens (including phenoxy) is 3. The molecule has 0 radical (unpaired) electrons. The molecule has 35 heavy (non-hydrogen) atoms. The first-order valence-corrected chi connectivity index (χ1v) is 10.3. The number of nitrogens with zero attached hydrogens (tertiary/aromatic N) is 4. The molecule has 0 aliphatic heterocycles. The van der Waals surface area contributed by atoms with Crippen molar-refractivity contribution in [3.8, 4) is 0 Å². The summed E-state index contributed by atoms with van der Waals surface area (Å²) in [4.78, 5) is 77.9. The summed E-state index contributed by atoms with van der Waals surface area (Å²) in [5.74, 6) is -5.32. The van der Waals surface area contributed by atoms with Crippen LogP contribution in [-0.2, 0) is 43.0 Å². The lowest BCUT2D eigenvalue weighted by Gasteiger charge is -2.21. The van der Waals surface area contributed by atoms with Crippen molar-refractivity contribution in [2.24, 2.45) is 0 Å². The Hall–Kier alpha value is -3.90. The van der Waals surface area contributed by atoms with E-state index in [0.717, 1.165) is 0 Å². The molecule has 0 saturated carbocycles. The summed E-state index contributed by atoms with van der Waals surface area (Å²) in [5, 5.41) is 4.58. The van der Waals surface area contributed by atoms with Crippen LogP contribution in [-0.4, -0.2) is 95.8 Å². The normalized spacial score (nSPS) is 13.5. The largest absolute Gasteiger partial charge is 0.390 e. The van der Waals surface area contributed by atoms with E-state index in [1.807, 2.05) is 0 Å². The molecule has 0 aromatic carbocycles. The summed E-state index contributed by atoms with van der Waals surface area (Å²) in [7, 11) is 2.50. The molecular weight excluding hydrogens is 468 g/mol. The highest BCUT2D eigenvalue weighted by molar-refractivity contribution is 6.25. The van der Waals surface area contributed by atoms with Gasteiger partial charge in [0.2, 0.25) is 23.4 Å². The molecule has 0 unspecified atom stereocenters. The average Bonchev–Trinajstić information content (AvgIpc) is 2.82. The highest BCUT2D eigenvalue weighted by Crippen LogP contribution is 2.07. The minimum absolute atomic E-state index is 0.317. The second-order valence-corrected chi connectivity index (χ2v) is 7.12. The Morgan fingerprint density at radius 1 is 0.743 bits per heavy atom. The predicted molar refractivity (Wildman–Crippen MR) is 116 cm³/mol. The Labute approximate surface area is 200 Å². The van der Waals surface area contributed by atoms with Gasteiger partial charge in [-0.1, -0.05) is 0 Å². The van der Waals surface area contributed by atoms with E-state index in [1.165, 1.54) is 28.1 Å². The fourth-order valence-electron chi connectivity index (χ4n) is 2.36. The molecule has 0 spiro atoms. The van der Waals surface area contributed by atoms with Crippen molar-refractivity contribution in [2.45, 2.75) is 63.8 Å². The number of hydrogen-bond acceptors (Lipinski definition) is 9. The zero-order valence-corrected chi connectivity index (χ0v) is 19.8. The summed E-state index contributed by atoms with van der Waals surface area (Å²) in [6.07, 6.45) is -2.08. The molecule has 0 rings (SSSR count). The second-order valence-electron chi connectivity index (χ2n) is 7.12. The quantitative estimate of drug-likeness (QED) is 0.0822. The predicted octanol–water partition coefficient (Wildman–Crippen LogP) is -1.60. The Morgan fingerprint density at radius 2 is 1.09 bits per heavy atom. The summed E-state index contributed by atoms with van der Waals surface area (Å²) in [6.45, 7) is 2.78. The van der Waals surface area contributed by atoms with Crippen molar-refractivity contribution in [1.82, 2.24) is 10.6 Å². The SMILES string of the molecule is CO[C@H](C)C(=O)N[C@@H](CCC(=O)C=[N+]=[N-])C(=O)OC(=O)[C@H](CCC(=O)C=[N+]=[N-])NC(=O)[C@@H](C)OC. The standard InChI is InChI=1S/C20H28N6O9/c1-11(33-3)17(29)25-15(7-5-13(27)9-23-21)19(31)35-20(32)16(8-6-14(28)10-24-22)26-18(30)12(2)34-4/h9-12,15-16H,5-8H2,1-4H3,(H,25,29)(H,26,30)/t11-,12-,15+,16+/m1/s1. The zero-order chi connectivity index (χ0) is 27.0. The highest BCUT2D eigenvalue weighted by atomic mass is 16.6. The summed E-state index contributed by atoms with van der Waals surface area (Å²) in [5.41, 5.74) is 16.9. The number of ketones is 2. The van der Waals surface area contributed by atoms with Crippen molar-refractivity contribution in [3.63, 3.8) is 0 Å². The van der Waals surface area contributed by atoms with Crippen LogP contribution in [0.15, 0.2) is 0 Å². The van der Waals surface area contributed by atoms with E-state index in [-0.39, 0.29) is 25.7 Å². The maximum absolute atomic E-state index is 12.6. The third kappa shape index (κ3) is 12.2. The Bertz CT molecular complexity index is 837. The number of rotatable bonds is 16. The van der Waals surface area contributed by atoms with Crippen LogP contribution in [0.3, 0.4) is 0 Å². The van der Waals surface area contributed by atoms with Gasteiger partial charge in [-0.2, -0.15) is 9.58 Å². The molecule has 4 atom stereocenters. The molecule has 15 heteroatoms. The monoisotopic (exact) mass is 496 g/mol. The van der Waals surface area contributed by atoms with Crippen molar-refractivity contribution in [3.05, 3.63) is 11.1 Å². The number of hydrogen-bond donors (Lipinski definition) is 2. The topological polar surface area (TPSA) is 227 Å². The van der Waals surface area contributed by atoms with Crippen molar-refractivity contribution < 1.29 is 52.6 Å². The van der Waals surface area contributed by atoms with Gasteiger partial charge < -0.3 is 35.9 Å². The molecular formula is C20H28N6O9. The zero-order valence-electron chi connectivity index (χ0n) is 19.8. The molecule has 0 saturated heterocycles.